The summed E-state index contributed by atoms with van der Waals surface area (Å²) in [5.41, 5.74) is 1.81. The summed E-state index contributed by atoms with van der Waals surface area (Å²) in [5.74, 6) is 0.883. The van der Waals surface area contributed by atoms with E-state index in [-0.39, 0.29) is 29.7 Å². The van der Waals surface area contributed by atoms with Crippen LogP contribution in [0.3, 0.4) is 0 Å². The Kier molecular flexibility index (Phi) is 7.47. The van der Waals surface area contributed by atoms with Crippen molar-refractivity contribution in [1.29, 1.82) is 0 Å². The lowest BCUT2D eigenvalue weighted by atomic mass is 10.1. The van der Waals surface area contributed by atoms with Crippen molar-refractivity contribution in [1.82, 2.24) is 14.5 Å². The molecule has 2 aliphatic rings. The van der Waals surface area contributed by atoms with Crippen LogP contribution in [-0.2, 0) is 27.1 Å². The van der Waals surface area contributed by atoms with Crippen LogP contribution in [0.5, 0.6) is 0 Å². The standard InChI is InChI=1S/C16H24N4O3S.HI/c1-19-7-6-17-16(19)18-12-14-4-2-3-5-15(14)13-24(21,22)20-8-10-23-11-9-20;/h2-5H,6-13H2,1H3,(H,17,18);1H. The highest BCUT2D eigenvalue weighted by atomic mass is 127. The van der Waals surface area contributed by atoms with Crippen LogP contribution < -0.4 is 5.32 Å². The second kappa shape index (κ2) is 9.15. The molecule has 3 rings (SSSR count). The molecule has 1 fully saturated rings. The third-order valence-corrected chi connectivity index (χ3v) is 6.14. The van der Waals surface area contributed by atoms with Gasteiger partial charge in [-0.15, -0.1) is 24.0 Å². The molecule has 0 amide bonds. The number of halogens is 1. The number of hydrogen-bond acceptors (Lipinski definition) is 6. The van der Waals surface area contributed by atoms with Crippen molar-refractivity contribution < 1.29 is 13.2 Å². The number of benzene rings is 1. The summed E-state index contributed by atoms with van der Waals surface area (Å²) >= 11 is 0. The van der Waals surface area contributed by atoms with Gasteiger partial charge in [-0.2, -0.15) is 4.31 Å². The molecule has 0 unspecified atom stereocenters. The van der Waals surface area contributed by atoms with Crippen LogP contribution in [0.15, 0.2) is 29.3 Å². The highest BCUT2D eigenvalue weighted by Gasteiger charge is 2.25. The first-order valence-corrected chi connectivity index (χ1v) is 9.79. The molecular formula is C16H25IN4O3S. The van der Waals surface area contributed by atoms with Gasteiger partial charge < -0.3 is 15.0 Å². The van der Waals surface area contributed by atoms with Crippen LogP contribution >= 0.6 is 24.0 Å². The Balaban J connectivity index is 0.00000225. The molecular weight excluding hydrogens is 455 g/mol. The molecule has 2 heterocycles. The van der Waals surface area contributed by atoms with Crippen molar-refractivity contribution in [3.63, 3.8) is 0 Å². The van der Waals surface area contributed by atoms with Crippen LogP contribution in [0.1, 0.15) is 11.1 Å². The number of nitrogens with one attached hydrogen (secondary N) is 1. The summed E-state index contributed by atoms with van der Waals surface area (Å²) < 4.78 is 32.0. The molecule has 9 heteroatoms. The van der Waals surface area contributed by atoms with Gasteiger partial charge in [-0.1, -0.05) is 24.3 Å². The Morgan fingerprint density at radius 2 is 1.84 bits per heavy atom. The number of aliphatic imine (C=N–C) groups is 1. The summed E-state index contributed by atoms with van der Waals surface area (Å²) in [6.45, 7) is 4.08. The average molecular weight is 480 g/mol. The molecule has 0 aromatic heterocycles. The molecule has 0 aliphatic carbocycles. The molecule has 2 aliphatic heterocycles. The lowest BCUT2D eigenvalue weighted by Gasteiger charge is -2.26. The van der Waals surface area contributed by atoms with Gasteiger partial charge in [0.05, 0.1) is 25.5 Å². The molecule has 25 heavy (non-hydrogen) atoms. The Morgan fingerprint density at radius 3 is 2.48 bits per heavy atom. The fourth-order valence-corrected chi connectivity index (χ4v) is 4.44. The summed E-state index contributed by atoms with van der Waals surface area (Å²) in [7, 11) is -1.33. The van der Waals surface area contributed by atoms with Gasteiger partial charge in [0, 0.05) is 33.2 Å². The first-order valence-electron chi connectivity index (χ1n) is 8.18. The summed E-state index contributed by atoms with van der Waals surface area (Å²) in [6.07, 6.45) is 0. The first-order chi connectivity index (χ1) is 11.6. The van der Waals surface area contributed by atoms with Crippen LogP contribution in [0, 0.1) is 0 Å². The van der Waals surface area contributed by atoms with Gasteiger partial charge in [-0.3, -0.25) is 4.99 Å². The van der Waals surface area contributed by atoms with E-state index in [2.05, 4.69) is 15.2 Å². The van der Waals surface area contributed by atoms with Gasteiger partial charge in [0.1, 0.15) is 0 Å². The summed E-state index contributed by atoms with van der Waals surface area (Å²) in [4.78, 5) is 6.46. The Morgan fingerprint density at radius 1 is 1.16 bits per heavy atom. The zero-order chi connectivity index (χ0) is 17.0. The highest BCUT2D eigenvalue weighted by molar-refractivity contribution is 14.0. The predicted octanol–water partition coefficient (Wildman–Crippen LogP) is 0.858. The van der Waals surface area contributed by atoms with E-state index in [4.69, 9.17) is 4.74 Å². The van der Waals surface area contributed by atoms with E-state index < -0.39 is 10.0 Å². The van der Waals surface area contributed by atoms with Crippen LogP contribution in [-0.4, -0.2) is 70.0 Å². The van der Waals surface area contributed by atoms with E-state index in [1.54, 1.807) is 0 Å². The molecule has 1 N–H and O–H groups in total. The topological polar surface area (TPSA) is 74.2 Å². The predicted molar refractivity (Wildman–Crippen MR) is 109 cm³/mol. The van der Waals surface area contributed by atoms with E-state index in [0.717, 1.165) is 30.2 Å². The van der Waals surface area contributed by atoms with E-state index in [1.807, 2.05) is 31.3 Å². The fourth-order valence-electron chi connectivity index (χ4n) is 2.88. The second-order valence-electron chi connectivity index (χ2n) is 6.02. The third kappa shape index (κ3) is 5.28. The number of nitrogens with zero attached hydrogens (tertiary/aromatic N) is 3. The lowest BCUT2D eigenvalue weighted by Crippen LogP contribution is -2.41. The van der Waals surface area contributed by atoms with E-state index in [0.29, 0.717) is 32.8 Å². The van der Waals surface area contributed by atoms with E-state index >= 15 is 0 Å². The molecule has 0 atom stereocenters. The highest BCUT2D eigenvalue weighted by Crippen LogP contribution is 2.16. The normalized spacial score (nSPS) is 18.6. The van der Waals surface area contributed by atoms with Crippen LogP contribution in [0.4, 0.5) is 0 Å². The molecule has 1 aromatic rings. The molecule has 1 aromatic carbocycles. The number of morpholine rings is 1. The maximum Gasteiger partial charge on any atom is 0.218 e. The largest absolute Gasteiger partial charge is 0.379 e. The SMILES string of the molecule is CN1CCN=C1NCc1ccccc1CS(=O)(=O)N1CCOCC1.I. The number of sulfonamides is 1. The molecule has 0 radical (unpaired) electrons. The Hall–Kier alpha value is -0.910. The molecule has 140 valence electrons. The Labute approximate surface area is 166 Å². The molecule has 0 spiro atoms. The smallest absolute Gasteiger partial charge is 0.218 e. The lowest BCUT2D eigenvalue weighted by molar-refractivity contribution is 0.0729. The fraction of sp³-hybridized carbons (Fsp3) is 0.562. The quantitative estimate of drug-likeness (QED) is 0.633. The van der Waals surface area contributed by atoms with Crippen molar-refractivity contribution in [3.8, 4) is 0 Å². The van der Waals surface area contributed by atoms with Gasteiger partial charge in [-0.25, -0.2) is 8.42 Å². The monoisotopic (exact) mass is 480 g/mol. The molecule has 0 saturated carbocycles. The number of hydrogen-bond donors (Lipinski definition) is 1. The van der Waals surface area contributed by atoms with E-state index in [1.165, 1.54) is 4.31 Å². The van der Waals surface area contributed by atoms with Gasteiger partial charge in [-0.05, 0) is 11.1 Å². The zero-order valence-corrected chi connectivity index (χ0v) is 17.5. The maximum absolute atomic E-state index is 12.6. The van der Waals surface area contributed by atoms with Gasteiger partial charge >= 0.3 is 0 Å². The zero-order valence-electron chi connectivity index (χ0n) is 14.3. The second-order valence-corrected chi connectivity index (χ2v) is 7.99. The number of rotatable bonds is 5. The van der Waals surface area contributed by atoms with Gasteiger partial charge in [0.25, 0.3) is 0 Å². The third-order valence-electron chi connectivity index (χ3n) is 4.32. The molecule has 7 nitrogen and oxygen atoms in total. The van der Waals surface area contributed by atoms with Crippen molar-refractivity contribution in [3.05, 3.63) is 35.4 Å². The molecule has 1 saturated heterocycles. The number of ether oxygens (including phenoxy) is 1. The summed E-state index contributed by atoms with van der Waals surface area (Å²) in [5, 5.41) is 3.30. The van der Waals surface area contributed by atoms with Crippen LogP contribution in [0.2, 0.25) is 0 Å². The van der Waals surface area contributed by atoms with Gasteiger partial charge in [0.2, 0.25) is 10.0 Å². The minimum atomic E-state index is -3.32. The molecule has 0 bridgehead atoms. The first kappa shape index (κ1) is 20.4. The van der Waals surface area contributed by atoms with Crippen molar-refractivity contribution in [2.75, 3.05) is 46.4 Å². The Bertz CT molecular complexity index is 705. The minimum absolute atomic E-state index is 0. The van der Waals surface area contributed by atoms with E-state index in [9.17, 15) is 8.42 Å². The number of guanidine groups is 1. The number of likely N-dealkylation sites (N-methyl/N-ethyl adjacent to an activating group) is 1. The van der Waals surface area contributed by atoms with Crippen molar-refractivity contribution in [2.45, 2.75) is 12.3 Å². The van der Waals surface area contributed by atoms with Crippen molar-refractivity contribution in [2.24, 2.45) is 4.99 Å². The van der Waals surface area contributed by atoms with Gasteiger partial charge in [0.15, 0.2) is 5.96 Å². The average Bonchev–Trinajstić information content (AvgIpc) is 3.00. The maximum atomic E-state index is 12.6. The summed E-state index contributed by atoms with van der Waals surface area (Å²) in [6, 6.07) is 7.66. The van der Waals surface area contributed by atoms with Crippen LogP contribution in [0.25, 0.3) is 0 Å². The van der Waals surface area contributed by atoms with Crippen molar-refractivity contribution >= 4 is 40.0 Å². The minimum Gasteiger partial charge on any atom is -0.379 e.